The van der Waals surface area contributed by atoms with Gasteiger partial charge in [0.25, 0.3) is 0 Å². The highest BCUT2D eigenvalue weighted by atomic mass is 127. The molecule has 0 saturated carbocycles. The molecule has 1 fully saturated rings. The maximum absolute atomic E-state index is 12.0. The highest BCUT2D eigenvalue weighted by molar-refractivity contribution is 14.0. The molecular formula is C17H34IN5O3. The number of nitrogens with one attached hydrogen (secondary N) is 3. The van der Waals surface area contributed by atoms with Crippen molar-refractivity contribution in [2.75, 3.05) is 39.3 Å². The van der Waals surface area contributed by atoms with Gasteiger partial charge in [0.1, 0.15) is 12.1 Å². The van der Waals surface area contributed by atoms with Crippen LogP contribution < -0.4 is 16.0 Å². The number of hydrogen-bond acceptors (Lipinski definition) is 4. The Labute approximate surface area is 173 Å². The number of hydrogen-bond donors (Lipinski definition) is 3. The van der Waals surface area contributed by atoms with Crippen LogP contribution in [0, 0.1) is 0 Å². The van der Waals surface area contributed by atoms with Crippen LogP contribution in [0.25, 0.3) is 0 Å². The third-order valence-corrected chi connectivity index (χ3v) is 3.49. The lowest BCUT2D eigenvalue weighted by molar-refractivity contribution is -0.128. The number of carbonyl (C=O) groups excluding carboxylic acids is 2. The average Bonchev–Trinajstić information content (AvgIpc) is 3.04. The number of ether oxygens (including phenoxy) is 1. The van der Waals surface area contributed by atoms with Crippen LogP contribution in [0.3, 0.4) is 0 Å². The van der Waals surface area contributed by atoms with Gasteiger partial charge in [-0.2, -0.15) is 0 Å². The largest absolute Gasteiger partial charge is 0.444 e. The monoisotopic (exact) mass is 483 g/mol. The molecule has 2 amide bonds. The number of alkyl carbamates (subject to hydrolysis) is 1. The summed E-state index contributed by atoms with van der Waals surface area (Å²) >= 11 is 0. The van der Waals surface area contributed by atoms with Gasteiger partial charge in [0.05, 0.1) is 0 Å². The summed E-state index contributed by atoms with van der Waals surface area (Å²) in [6, 6.07) is 0. The van der Waals surface area contributed by atoms with Crippen molar-refractivity contribution in [3.8, 4) is 0 Å². The van der Waals surface area contributed by atoms with E-state index in [0.29, 0.717) is 19.0 Å². The number of likely N-dealkylation sites (tertiary alicyclic amines) is 1. The number of halogens is 1. The zero-order valence-corrected chi connectivity index (χ0v) is 18.7. The van der Waals surface area contributed by atoms with E-state index in [0.717, 1.165) is 38.9 Å². The molecule has 9 heteroatoms. The summed E-state index contributed by atoms with van der Waals surface area (Å²) in [7, 11) is 0. The molecule has 8 nitrogen and oxygen atoms in total. The minimum absolute atomic E-state index is 0. The van der Waals surface area contributed by atoms with Crippen LogP contribution >= 0.6 is 24.0 Å². The molecule has 0 bridgehead atoms. The number of carbonyl (C=O) groups is 2. The fraction of sp³-hybridized carbons (Fsp3) is 0.824. The van der Waals surface area contributed by atoms with E-state index in [2.05, 4.69) is 20.9 Å². The van der Waals surface area contributed by atoms with Crippen molar-refractivity contribution in [3.63, 3.8) is 0 Å². The highest BCUT2D eigenvalue weighted by Crippen LogP contribution is 2.07. The standard InChI is InChI=1S/C17H33N5O3.HI/c1-5-18-15(21-13-14(23)22-11-6-7-12-22)19-9-8-10-20-16(24)25-17(2,3)4;/h5-13H2,1-4H3,(H,20,24)(H2,18,19,21);1H. The molecule has 1 heterocycles. The van der Waals surface area contributed by atoms with Gasteiger partial charge >= 0.3 is 6.09 Å². The van der Waals surface area contributed by atoms with E-state index < -0.39 is 11.7 Å². The van der Waals surface area contributed by atoms with Crippen LogP contribution in [0.15, 0.2) is 4.99 Å². The smallest absolute Gasteiger partial charge is 0.407 e. The molecule has 0 aromatic heterocycles. The molecule has 0 radical (unpaired) electrons. The van der Waals surface area contributed by atoms with E-state index in [1.54, 1.807) is 0 Å². The Bertz CT molecular complexity index is 460. The van der Waals surface area contributed by atoms with E-state index in [1.807, 2.05) is 32.6 Å². The van der Waals surface area contributed by atoms with E-state index in [9.17, 15) is 9.59 Å². The van der Waals surface area contributed by atoms with Crippen molar-refractivity contribution in [1.29, 1.82) is 0 Å². The van der Waals surface area contributed by atoms with Crippen LogP contribution in [-0.4, -0.2) is 67.7 Å². The first-order valence-corrected chi connectivity index (χ1v) is 9.08. The molecule has 3 N–H and O–H groups in total. The van der Waals surface area contributed by atoms with Gasteiger partial charge in [-0.1, -0.05) is 0 Å². The summed E-state index contributed by atoms with van der Waals surface area (Å²) in [4.78, 5) is 29.7. The minimum Gasteiger partial charge on any atom is -0.444 e. The van der Waals surface area contributed by atoms with E-state index in [1.165, 1.54) is 0 Å². The summed E-state index contributed by atoms with van der Waals surface area (Å²) in [5, 5.41) is 8.99. The van der Waals surface area contributed by atoms with Crippen LogP contribution in [-0.2, 0) is 9.53 Å². The molecule has 1 aliphatic heterocycles. The molecule has 152 valence electrons. The van der Waals surface area contributed by atoms with Crippen LogP contribution in [0.1, 0.15) is 47.0 Å². The number of amides is 2. The zero-order chi connectivity index (χ0) is 18.7. The van der Waals surface area contributed by atoms with E-state index in [-0.39, 0.29) is 36.4 Å². The molecular weight excluding hydrogens is 449 g/mol. The second-order valence-corrected chi connectivity index (χ2v) is 6.99. The predicted molar refractivity (Wildman–Crippen MR) is 114 cm³/mol. The molecule has 0 aromatic carbocycles. The first-order chi connectivity index (χ1) is 11.8. The van der Waals surface area contributed by atoms with Gasteiger partial charge in [-0.3, -0.25) is 4.79 Å². The summed E-state index contributed by atoms with van der Waals surface area (Å²) in [6.07, 6.45) is 2.48. The molecule has 26 heavy (non-hydrogen) atoms. The van der Waals surface area contributed by atoms with Gasteiger partial charge in [-0.15, -0.1) is 24.0 Å². The quantitative estimate of drug-likeness (QED) is 0.222. The molecule has 1 aliphatic rings. The molecule has 1 saturated heterocycles. The summed E-state index contributed by atoms with van der Waals surface area (Å²) in [5.41, 5.74) is -0.491. The minimum atomic E-state index is -0.491. The van der Waals surface area contributed by atoms with Crippen molar-refractivity contribution < 1.29 is 14.3 Å². The maximum atomic E-state index is 12.0. The number of rotatable bonds is 7. The van der Waals surface area contributed by atoms with Crippen molar-refractivity contribution in [2.24, 2.45) is 4.99 Å². The first-order valence-electron chi connectivity index (χ1n) is 9.08. The second kappa shape index (κ2) is 13.0. The van der Waals surface area contributed by atoms with Crippen LogP contribution in [0.4, 0.5) is 4.79 Å². The van der Waals surface area contributed by atoms with Crippen molar-refractivity contribution in [3.05, 3.63) is 0 Å². The molecule has 0 aliphatic carbocycles. The topological polar surface area (TPSA) is 95.1 Å². The fourth-order valence-corrected chi connectivity index (χ4v) is 2.35. The third kappa shape index (κ3) is 11.4. The Morgan fingerprint density at radius 1 is 1.08 bits per heavy atom. The lowest BCUT2D eigenvalue weighted by Gasteiger charge is -2.19. The summed E-state index contributed by atoms with van der Waals surface area (Å²) in [5.74, 6) is 0.689. The van der Waals surface area contributed by atoms with Gasteiger partial charge < -0.3 is 25.6 Å². The highest BCUT2D eigenvalue weighted by Gasteiger charge is 2.17. The third-order valence-electron chi connectivity index (χ3n) is 3.49. The predicted octanol–water partition coefficient (Wildman–Crippen LogP) is 1.70. The van der Waals surface area contributed by atoms with Crippen molar-refractivity contribution in [1.82, 2.24) is 20.9 Å². The number of aliphatic imine (C=N–C) groups is 1. The SMILES string of the molecule is CCNC(=NCC(=O)N1CCCC1)NCCCNC(=O)OC(C)(C)C.I. The molecule has 0 unspecified atom stereocenters. The Kier molecular flexibility index (Phi) is 12.4. The van der Waals surface area contributed by atoms with E-state index >= 15 is 0 Å². The average molecular weight is 483 g/mol. The Balaban J connectivity index is 0.00000625. The molecule has 0 atom stereocenters. The Morgan fingerprint density at radius 2 is 1.69 bits per heavy atom. The lowest BCUT2D eigenvalue weighted by Crippen LogP contribution is -2.40. The van der Waals surface area contributed by atoms with Crippen LogP contribution in [0.2, 0.25) is 0 Å². The zero-order valence-electron chi connectivity index (χ0n) is 16.4. The second-order valence-electron chi connectivity index (χ2n) is 6.99. The normalized spacial score (nSPS) is 14.5. The number of nitrogens with zero attached hydrogens (tertiary/aromatic N) is 2. The summed E-state index contributed by atoms with van der Waals surface area (Å²) in [6.45, 7) is 11.2. The number of guanidine groups is 1. The molecule has 1 rings (SSSR count). The van der Waals surface area contributed by atoms with Crippen molar-refractivity contribution in [2.45, 2.75) is 52.6 Å². The van der Waals surface area contributed by atoms with Crippen molar-refractivity contribution >= 4 is 41.9 Å². The molecule has 0 aromatic rings. The lowest BCUT2D eigenvalue weighted by atomic mass is 10.2. The summed E-state index contributed by atoms with van der Waals surface area (Å²) < 4.78 is 5.17. The van der Waals surface area contributed by atoms with Gasteiger partial charge in [-0.25, -0.2) is 9.79 Å². The Morgan fingerprint density at radius 3 is 2.27 bits per heavy atom. The Hall–Kier alpha value is -1.26. The van der Waals surface area contributed by atoms with E-state index in [4.69, 9.17) is 4.74 Å². The van der Waals surface area contributed by atoms with Gasteiger partial charge in [0.2, 0.25) is 5.91 Å². The fourth-order valence-electron chi connectivity index (χ4n) is 2.35. The van der Waals surface area contributed by atoms with Gasteiger partial charge in [0.15, 0.2) is 5.96 Å². The maximum Gasteiger partial charge on any atom is 0.407 e. The van der Waals surface area contributed by atoms with Gasteiger partial charge in [-0.05, 0) is 47.0 Å². The molecule has 0 spiro atoms. The van der Waals surface area contributed by atoms with Gasteiger partial charge in [0, 0.05) is 32.7 Å². The van der Waals surface area contributed by atoms with Crippen LogP contribution in [0.5, 0.6) is 0 Å². The first kappa shape index (κ1) is 24.7.